The number of rotatable bonds is 15. The van der Waals surface area contributed by atoms with Crippen LogP contribution in [0.2, 0.25) is 0 Å². The molecule has 0 radical (unpaired) electrons. The molecule has 0 aromatic carbocycles. The van der Waals surface area contributed by atoms with Crippen LogP contribution in [0, 0.1) is 11.8 Å². The molecule has 1 rings (SSSR count). The third-order valence-corrected chi connectivity index (χ3v) is 5.60. The zero-order valence-electron chi connectivity index (χ0n) is 18.6. The van der Waals surface area contributed by atoms with Gasteiger partial charge in [0.05, 0.1) is 18.3 Å². The van der Waals surface area contributed by atoms with Gasteiger partial charge in [-0.1, -0.05) is 37.5 Å². The van der Waals surface area contributed by atoms with Gasteiger partial charge in [-0.25, -0.2) is 4.79 Å². The first-order valence-electron chi connectivity index (χ1n) is 11.3. The maximum absolute atomic E-state index is 11.5. The lowest BCUT2D eigenvalue weighted by atomic mass is 9.88. The van der Waals surface area contributed by atoms with E-state index in [0.29, 0.717) is 6.42 Å². The topological polar surface area (TPSA) is 76.0 Å². The largest absolute Gasteiger partial charge is 0.460 e. The summed E-state index contributed by atoms with van der Waals surface area (Å²) in [4.78, 5) is 11.5. The van der Waals surface area contributed by atoms with E-state index in [1.54, 1.807) is 7.11 Å². The Morgan fingerprint density at radius 3 is 2.45 bits per heavy atom. The monoisotopic (exact) mass is 410 g/mol. The average Bonchev–Trinajstić information content (AvgIpc) is 2.98. The van der Waals surface area contributed by atoms with Gasteiger partial charge in [-0.15, -0.1) is 0 Å². The molecule has 5 nitrogen and oxygen atoms in total. The van der Waals surface area contributed by atoms with Gasteiger partial charge in [0.2, 0.25) is 0 Å². The van der Waals surface area contributed by atoms with Crippen molar-refractivity contribution < 1.29 is 24.5 Å². The van der Waals surface area contributed by atoms with Crippen LogP contribution < -0.4 is 0 Å². The van der Waals surface area contributed by atoms with Gasteiger partial charge in [-0.3, -0.25) is 0 Å². The molecular formula is C24H42O5. The molecule has 0 aromatic heterocycles. The van der Waals surface area contributed by atoms with E-state index < -0.39 is 0 Å². The molecule has 0 heterocycles. The van der Waals surface area contributed by atoms with E-state index in [-0.39, 0.29) is 42.7 Å². The van der Waals surface area contributed by atoms with Crippen LogP contribution in [0.3, 0.4) is 0 Å². The van der Waals surface area contributed by atoms with Gasteiger partial charge in [0.1, 0.15) is 0 Å². The molecule has 4 atom stereocenters. The molecule has 0 aromatic rings. The molecule has 2 N–H and O–H groups in total. The van der Waals surface area contributed by atoms with E-state index in [2.05, 4.69) is 12.2 Å². The quantitative estimate of drug-likeness (QED) is 0.179. The van der Waals surface area contributed by atoms with Crippen molar-refractivity contribution in [3.63, 3.8) is 0 Å². The Kier molecular flexibility index (Phi) is 14.0. The fourth-order valence-electron chi connectivity index (χ4n) is 4.08. The fourth-order valence-corrected chi connectivity index (χ4v) is 4.08. The number of carbonyl (C=O) groups is 1. The van der Waals surface area contributed by atoms with E-state index in [1.165, 1.54) is 6.08 Å². The second kappa shape index (κ2) is 15.6. The van der Waals surface area contributed by atoms with Crippen LogP contribution in [0.15, 0.2) is 24.3 Å². The van der Waals surface area contributed by atoms with Crippen molar-refractivity contribution in [2.45, 2.75) is 96.4 Å². The normalized spacial score (nSPS) is 24.9. The highest BCUT2D eigenvalue weighted by atomic mass is 16.5. The van der Waals surface area contributed by atoms with Crippen LogP contribution >= 0.6 is 0 Å². The van der Waals surface area contributed by atoms with Crippen molar-refractivity contribution in [2.24, 2.45) is 11.8 Å². The van der Waals surface area contributed by atoms with Crippen molar-refractivity contribution in [1.29, 1.82) is 0 Å². The summed E-state index contributed by atoms with van der Waals surface area (Å²) < 4.78 is 10.7. The molecule has 1 aliphatic rings. The number of unbranched alkanes of at least 4 members (excludes halogenated alkanes) is 6. The number of hydrogen-bond donors (Lipinski definition) is 2. The Morgan fingerprint density at radius 1 is 1.07 bits per heavy atom. The van der Waals surface area contributed by atoms with Crippen molar-refractivity contribution in [3.05, 3.63) is 24.3 Å². The molecule has 168 valence electrons. The van der Waals surface area contributed by atoms with Gasteiger partial charge in [0, 0.05) is 32.1 Å². The average molecular weight is 411 g/mol. The minimum absolute atomic E-state index is 0.0877. The second-order valence-corrected chi connectivity index (χ2v) is 8.35. The number of ether oxygens (including phenoxy) is 2. The maximum atomic E-state index is 11.5. The SMILES string of the molecule is CO[C@@H]1C[C@H](O)C(CCCCC=CC(=O)OC(C)C)[C@@H]1/C=C/CCCCCCO. The molecule has 1 unspecified atom stereocenters. The summed E-state index contributed by atoms with van der Waals surface area (Å²) in [6.45, 7) is 3.97. The molecule has 0 aliphatic heterocycles. The van der Waals surface area contributed by atoms with Crippen molar-refractivity contribution >= 4 is 5.97 Å². The smallest absolute Gasteiger partial charge is 0.330 e. The number of aliphatic hydroxyl groups excluding tert-OH is 2. The second-order valence-electron chi connectivity index (χ2n) is 8.35. The van der Waals surface area contributed by atoms with Crippen LogP contribution in [0.4, 0.5) is 0 Å². The van der Waals surface area contributed by atoms with E-state index in [1.807, 2.05) is 19.9 Å². The predicted molar refractivity (Wildman–Crippen MR) is 117 cm³/mol. The summed E-state index contributed by atoms with van der Waals surface area (Å²) in [6.07, 6.45) is 17.4. The third-order valence-electron chi connectivity index (χ3n) is 5.60. The van der Waals surface area contributed by atoms with Crippen molar-refractivity contribution in [2.75, 3.05) is 13.7 Å². The van der Waals surface area contributed by atoms with Crippen LogP contribution in [-0.2, 0) is 14.3 Å². The van der Waals surface area contributed by atoms with Gasteiger partial charge >= 0.3 is 5.97 Å². The maximum Gasteiger partial charge on any atom is 0.330 e. The minimum Gasteiger partial charge on any atom is -0.460 e. The lowest BCUT2D eigenvalue weighted by molar-refractivity contribution is -0.141. The first kappa shape index (κ1) is 25.9. The molecule has 29 heavy (non-hydrogen) atoms. The van der Waals surface area contributed by atoms with E-state index in [4.69, 9.17) is 14.6 Å². The molecular weight excluding hydrogens is 368 g/mol. The Hall–Kier alpha value is -1.17. The number of hydrogen-bond acceptors (Lipinski definition) is 5. The summed E-state index contributed by atoms with van der Waals surface area (Å²) in [6, 6.07) is 0. The summed E-state index contributed by atoms with van der Waals surface area (Å²) in [7, 11) is 1.73. The van der Waals surface area contributed by atoms with Crippen LogP contribution in [0.1, 0.15) is 78.1 Å². The van der Waals surface area contributed by atoms with Gasteiger partial charge in [-0.05, 0) is 58.3 Å². The summed E-state index contributed by atoms with van der Waals surface area (Å²) in [5.41, 5.74) is 0. The highest BCUT2D eigenvalue weighted by molar-refractivity contribution is 5.81. The summed E-state index contributed by atoms with van der Waals surface area (Å²) >= 11 is 0. The molecule has 1 fully saturated rings. The van der Waals surface area contributed by atoms with Gasteiger partial charge in [0.15, 0.2) is 0 Å². The number of methoxy groups -OCH3 is 1. The summed E-state index contributed by atoms with van der Waals surface area (Å²) in [5, 5.41) is 19.3. The van der Waals surface area contributed by atoms with Crippen LogP contribution in [-0.4, -0.2) is 48.2 Å². The number of aliphatic hydroxyl groups is 2. The van der Waals surface area contributed by atoms with E-state index >= 15 is 0 Å². The lowest BCUT2D eigenvalue weighted by Gasteiger charge is -2.22. The zero-order chi connectivity index (χ0) is 21.5. The highest BCUT2D eigenvalue weighted by Crippen LogP contribution is 2.38. The lowest BCUT2D eigenvalue weighted by Crippen LogP contribution is -2.21. The molecule has 5 heteroatoms. The Labute approximate surface area is 177 Å². The molecule has 0 bridgehead atoms. The van der Waals surface area contributed by atoms with Gasteiger partial charge < -0.3 is 19.7 Å². The van der Waals surface area contributed by atoms with Gasteiger partial charge in [0.25, 0.3) is 0 Å². The molecule has 0 spiro atoms. The van der Waals surface area contributed by atoms with Crippen molar-refractivity contribution in [3.8, 4) is 0 Å². The Balaban J connectivity index is 2.36. The standard InChI is InChI=1S/C24H42O5/c1-19(2)29-24(27)16-12-8-7-10-14-20-21(23(28-3)18-22(20)26)15-11-6-4-5-9-13-17-25/h11-12,15-16,19-23,25-26H,4-10,13-14,17-18H2,1-3H3/b15-11+,16-12?/t20?,21-,22-,23+/m0/s1. The van der Waals surface area contributed by atoms with Crippen molar-refractivity contribution in [1.82, 2.24) is 0 Å². The van der Waals surface area contributed by atoms with Crippen LogP contribution in [0.5, 0.6) is 0 Å². The first-order valence-corrected chi connectivity index (χ1v) is 11.3. The third kappa shape index (κ3) is 11.0. The molecule has 1 aliphatic carbocycles. The first-order chi connectivity index (χ1) is 14.0. The minimum atomic E-state index is -0.310. The summed E-state index contributed by atoms with van der Waals surface area (Å²) in [5.74, 6) is 0.222. The number of esters is 1. The molecule has 0 amide bonds. The fraction of sp³-hybridized carbons (Fsp3) is 0.792. The Morgan fingerprint density at radius 2 is 1.76 bits per heavy atom. The molecule has 0 saturated heterocycles. The predicted octanol–water partition coefficient (Wildman–Crippen LogP) is 4.57. The zero-order valence-corrected chi connectivity index (χ0v) is 18.6. The van der Waals surface area contributed by atoms with Gasteiger partial charge in [-0.2, -0.15) is 0 Å². The highest BCUT2D eigenvalue weighted by Gasteiger charge is 2.40. The van der Waals surface area contributed by atoms with Crippen LogP contribution in [0.25, 0.3) is 0 Å². The number of allylic oxidation sites excluding steroid dienone is 2. The van der Waals surface area contributed by atoms with E-state index in [9.17, 15) is 9.90 Å². The Bertz CT molecular complexity index is 486. The number of carbonyl (C=O) groups excluding carboxylic acids is 1. The molecule has 1 saturated carbocycles. The van der Waals surface area contributed by atoms with E-state index in [0.717, 1.165) is 57.8 Å².